The van der Waals surface area contributed by atoms with Gasteiger partial charge in [0.2, 0.25) is 5.91 Å². The van der Waals surface area contributed by atoms with Crippen molar-refractivity contribution in [2.24, 2.45) is 0 Å². The number of rotatable bonds is 12. The highest BCUT2D eigenvalue weighted by Gasteiger charge is 2.16. The fourth-order valence-electron chi connectivity index (χ4n) is 5.05. The summed E-state index contributed by atoms with van der Waals surface area (Å²) in [6.45, 7) is 9.06. The van der Waals surface area contributed by atoms with Crippen molar-refractivity contribution >= 4 is 5.91 Å². The number of carbonyl (C=O) groups is 1. The number of amides is 1. The van der Waals surface area contributed by atoms with Crippen LogP contribution in [0.4, 0.5) is 0 Å². The summed E-state index contributed by atoms with van der Waals surface area (Å²) < 4.78 is 24.1. The predicted octanol–water partition coefficient (Wildman–Crippen LogP) is 5.39. The Balaban J connectivity index is 1.33. The number of aromatic nitrogens is 1. The highest BCUT2D eigenvalue weighted by Crippen LogP contribution is 2.36. The minimum atomic E-state index is -0.0613. The van der Waals surface area contributed by atoms with Crippen LogP contribution in [0.1, 0.15) is 40.3 Å². The molecule has 0 unspecified atom stereocenters. The van der Waals surface area contributed by atoms with Gasteiger partial charge in [-0.05, 0) is 65.9 Å². The molecule has 5 rings (SSSR count). The Bertz CT molecular complexity index is 1680. The minimum Gasteiger partial charge on any atom is -0.489 e. The first-order valence-corrected chi connectivity index (χ1v) is 14.6. The maximum absolute atomic E-state index is 11.2. The quantitative estimate of drug-likeness (QED) is 0.211. The SMILES string of the molecule is CC(=O)NCCNCc1c(C)cc(OCc2cccc(-c3ccc4c(c3)OCCO4)c2C)cc1OCc1cncc(C#N)c1. The van der Waals surface area contributed by atoms with Crippen molar-refractivity contribution in [3.05, 3.63) is 100 Å². The van der Waals surface area contributed by atoms with E-state index in [0.717, 1.165) is 50.4 Å². The average Bonchev–Trinajstić information content (AvgIpc) is 3.03. The van der Waals surface area contributed by atoms with Crippen molar-refractivity contribution in [1.82, 2.24) is 15.6 Å². The van der Waals surface area contributed by atoms with E-state index in [1.807, 2.05) is 37.3 Å². The summed E-state index contributed by atoms with van der Waals surface area (Å²) in [5, 5.41) is 15.4. The van der Waals surface area contributed by atoms with Crippen LogP contribution in [-0.4, -0.2) is 37.2 Å². The molecule has 226 valence electrons. The molecule has 0 fully saturated rings. The second-order valence-corrected chi connectivity index (χ2v) is 10.6. The number of nitriles is 1. The van der Waals surface area contributed by atoms with Crippen LogP contribution in [-0.2, 0) is 24.6 Å². The van der Waals surface area contributed by atoms with E-state index in [4.69, 9.17) is 18.9 Å². The van der Waals surface area contributed by atoms with Gasteiger partial charge in [0.25, 0.3) is 0 Å². The first-order valence-electron chi connectivity index (χ1n) is 14.6. The highest BCUT2D eigenvalue weighted by molar-refractivity contribution is 5.73. The Morgan fingerprint density at radius 2 is 1.82 bits per heavy atom. The number of pyridine rings is 1. The smallest absolute Gasteiger partial charge is 0.216 e. The number of hydrogen-bond donors (Lipinski definition) is 2. The normalized spacial score (nSPS) is 11.9. The molecule has 44 heavy (non-hydrogen) atoms. The van der Waals surface area contributed by atoms with Crippen LogP contribution >= 0.6 is 0 Å². The lowest BCUT2D eigenvalue weighted by molar-refractivity contribution is -0.118. The van der Waals surface area contributed by atoms with Gasteiger partial charge in [-0.3, -0.25) is 9.78 Å². The van der Waals surface area contributed by atoms with Crippen LogP contribution in [0, 0.1) is 25.2 Å². The van der Waals surface area contributed by atoms with Gasteiger partial charge in [0.15, 0.2) is 11.5 Å². The number of hydrogen-bond acceptors (Lipinski definition) is 8. The van der Waals surface area contributed by atoms with Crippen molar-refractivity contribution in [3.8, 4) is 40.2 Å². The van der Waals surface area contributed by atoms with Gasteiger partial charge in [0.05, 0.1) is 5.56 Å². The molecule has 0 saturated heterocycles. The van der Waals surface area contributed by atoms with Crippen LogP contribution in [0.15, 0.2) is 67.0 Å². The second-order valence-electron chi connectivity index (χ2n) is 10.6. The molecule has 0 atom stereocenters. The summed E-state index contributed by atoms with van der Waals surface area (Å²) in [4.78, 5) is 15.4. The number of fused-ring (bicyclic) bond motifs is 1. The third-order valence-corrected chi connectivity index (χ3v) is 7.39. The van der Waals surface area contributed by atoms with Crippen LogP contribution in [0.5, 0.6) is 23.0 Å². The standard InChI is InChI=1S/C35H36N4O5/c1-23-13-30(43-22-29-5-4-6-31(24(29)2)28-7-8-33-35(15-28)42-12-11-41-33)16-34(32(23)20-37-9-10-39-25(3)40)44-21-27-14-26(17-36)18-38-19-27/h4-8,13-16,18-19,37H,9-12,20-22H2,1-3H3,(H,39,40). The van der Waals surface area contributed by atoms with Gasteiger partial charge in [-0.25, -0.2) is 0 Å². The van der Waals surface area contributed by atoms with E-state index in [1.165, 1.54) is 13.1 Å². The lowest BCUT2D eigenvalue weighted by atomic mass is 9.96. The zero-order chi connectivity index (χ0) is 30.9. The molecule has 1 aliphatic heterocycles. The molecule has 4 aromatic rings. The molecular formula is C35H36N4O5. The van der Waals surface area contributed by atoms with Crippen molar-refractivity contribution < 1.29 is 23.7 Å². The van der Waals surface area contributed by atoms with Crippen LogP contribution in [0.2, 0.25) is 0 Å². The predicted molar refractivity (Wildman–Crippen MR) is 167 cm³/mol. The van der Waals surface area contributed by atoms with Gasteiger partial charge in [-0.1, -0.05) is 24.3 Å². The van der Waals surface area contributed by atoms with E-state index in [0.29, 0.717) is 56.5 Å². The van der Waals surface area contributed by atoms with Crippen molar-refractivity contribution in [3.63, 3.8) is 0 Å². The highest BCUT2D eigenvalue weighted by atomic mass is 16.6. The zero-order valence-electron chi connectivity index (χ0n) is 25.2. The summed E-state index contributed by atoms with van der Waals surface area (Å²) in [5.41, 5.74) is 7.64. The lowest BCUT2D eigenvalue weighted by Crippen LogP contribution is -2.30. The molecule has 1 aliphatic rings. The number of carbonyl (C=O) groups excluding carboxylic acids is 1. The van der Waals surface area contributed by atoms with Gasteiger partial charge >= 0.3 is 0 Å². The van der Waals surface area contributed by atoms with Crippen molar-refractivity contribution in [2.75, 3.05) is 26.3 Å². The monoisotopic (exact) mass is 592 g/mol. The molecule has 0 bridgehead atoms. The number of nitrogens with zero attached hydrogens (tertiary/aromatic N) is 2. The number of benzene rings is 3. The summed E-state index contributed by atoms with van der Waals surface area (Å²) >= 11 is 0. The Morgan fingerprint density at radius 1 is 0.977 bits per heavy atom. The van der Waals surface area contributed by atoms with Crippen LogP contribution < -0.4 is 29.6 Å². The maximum Gasteiger partial charge on any atom is 0.216 e. The van der Waals surface area contributed by atoms with Gasteiger partial charge in [0.1, 0.15) is 44.0 Å². The molecule has 1 amide bonds. The molecule has 2 N–H and O–H groups in total. The van der Waals surface area contributed by atoms with Crippen LogP contribution in [0.25, 0.3) is 11.1 Å². The fourth-order valence-corrected chi connectivity index (χ4v) is 5.05. The van der Waals surface area contributed by atoms with Crippen molar-refractivity contribution in [2.45, 2.75) is 40.5 Å². The topological polar surface area (TPSA) is 115 Å². The zero-order valence-corrected chi connectivity index (χ0v) is 25.2. The van der Waals surface area contributed by atoms with E-state index in [2.05, 4.69) is 46.8 Å². The molecule has 0 aliphatic carbocycles. The molecule has 9 nitrogen and oxygen atoms in total. The Morgan fingerprint density at radius 3 is 2.64 bits per heavy atom. The Hall–Kier alpha value is -5.07. The fraction of sp³-hybridized carbons (Fsp3) is 0.286. The van der Waals surface area contributed by atoms with Gasteiger partial charge in [-0.15, -0.1) is 0 Å². The van der Waals surface area contributed by atoms with Crippen molar-refractivity contribution in [1.29, 1.82) is 5.26 Å². The number of ether oxygens (including phenoxy) is 4. The molecule has 3 aromatic carbocycles. The van der Waals surface area contributed by atoms with E-state index in [1.54, 1.807) is 12.3 Å². The summed E-state index contributed by atoms with van der Waals surface area (Å²) in [7, 11) is 0. The van der Waals surface area contributed by atoms with Gasteiger partial charge in [0, 0.05) is 56.1 Å². The molecule has 9 heteroatoms. The molecular weight excluding hydrogens is 556 g/mol. The molecule has 1 aromatic heterocycles. The largest absolute Gasteiger partial charge is 0.489 e. The summed E-state index contributed by atoms with van der Waals surface area (Å²) in [6.07, 6.45) is 3.22. The first-order chi connectivity index (χ1) is 21.4. The minimum absolute atomic E-state index is 0.0613. The van der Waals surface area contributed by atoms with Crippen LogP contribution in [0.3, 0.4) is 0 Å². The molecule has 0 spiro atoms. The maximum atomic E-state index is 11.2. The average molecular weight is 593 g/mol. The lowest BCUT2D eigenvalue weighted by Gasteiger charge is -2.20. The second kappa shape index (κ2) is 14.4. The Kier molecular flexibility index (Phi) is 9.95. The molecule has 0 radical (unpaired) electrons. The molecule has 2 heterocycles. The van der Waals surface area contributed by atoms with E-state index in [9.17, 15) is 10.1 Å². The van der Waals surface area contributed by atoms with Gasteiger partial charge < -0.3 is 29.6 Å². The van der Waals surface area contributed by atoms with E-state index in [-0.39, 0.29) is 12.5 Å². The number of nitrogens with one attached hydrogen (secondary N) is 2. The summed E-state index contributed by atoms with van der Waals surface area (Å²) in [5.74, 6) is 2.83. The first kappa shape index (κ1) is 30.4. The van der Waals surface area contributed by atoms with E-state index < -0.39 is 0 Å². The molecule has 0 saturated carbocycles. The van der Waals surface area contributed by atoms with E-state index >= 15 is 0 Å². The summed E-state index contributed by atoms with van der Waals surface area (Å²) in [6, 6.07) is 20.0. The Labute approximate surface area is 257 Å². The number of aryl methyl sites for hydroxylation is 1. The third kappa shape index (κ3) is 7.65. The van der Waals surface area contributed by atoms with Gasteiger partial charge in [-0.2, -0.15) is 5.26 Å². The third-order valence-electron chi connectivity index (χ3n) is 7.39.